The molecule has 12 nitrogen and oxygen atoms in total. The molecule has 260 valence electrons. The molecule has 3 aromatic rings. The number of ether oxygens (including phenoxy) is 2. The predicted octanol–water partition coefficient (Wildman–Crippen LogP) is 4.15. The van der Waals surface area contributed by atoms with Gasteiger partial charge in [-0.3, -0.25) is 9.36 Å². The van der Waals surface area contributed by atoms with Crippen LogP contribution in [0.1, 0.15) is 101 Å². The molecule has 0 amide bonds. The van der Waals surface area contributed by atoms with Gasteiger partial charge in [0.05, 0.1) is 12.4 Å². The number of nitrogens with zero attached hydrogens (tertiary/aromatic N) is 4. The molecule has 1 saturated heterocycles. The summed E-state index contributed by atoms with van der Waals surface area (Å²) in [4.78, 5) is 24.7. The van der Waals surface area contributed by atoms with Gasteiger partial charge in [0, 0.05) is 6.42 Å². The number of benzene rings is 1. The minimum atomic E-state index is -1.27. The van der Waals surface area contributed by atoms with Crippen LogP contribution in [-0.4, -0.2) is 76.9 Å². The average molecular weight is 664 g/mol. The maximum Gasteiger partial charge on any atom is 0.305 e. The molecule has 0 bridgehead atoms. The molecular weight excluding hydrogens is 614 g/mol. The number of phenolic OH excluding ortho intramolecular Hbond substituents is 1. The van der Waals surface area contributed by atoms with E-state index in [2.05, 4.69) is 27.9 Å². The summed E-state index contributed by atoms with van der Waals surface area (Å²) in [6.07, 6.45) is 9.69. The number of anilines is 1. The van der Waals surface area contributed by atoms with Crippen molar-refractivity contribution < 1.29 is 34.7 Å². The van der Waals surface area contributed by atoms with Crippen LogP contribution in [0, 0.1) is 23.2 Å². The highest BCUT2D eigenvalue weighted by molar-refractivity contribution is 5.81. The van der Waals surface area contributed by atoms with Crippen LogP contribution in [0.5, 0.6) is 5.75 Å². The van der Waals surface area contributed by atoms with Gasteiger partial charge in [0.2, 0.25) is 0 Å². The number of carbonyl (C=O) groups is 1. The Morgan fingerprint density at radius 1 is 1.08 bits per heavy atom. The molecule has 2 saturated carbocycles. The number of carbonyl (C=O) groups excluding carboxylic acids is 1. The summed E-state index contributed by atoms with van der Waals surface area (Å²) in [5.41, 5.74) is 9.31. The number of nitrogen functional groups attached to an aromatic ring is 1. The first kappa shape index (κ1) is 33.2. The number of aromatic nitrogens is 4. The summed E-state index contributed by atoms with van der Waals surface area (Å²) in [6.45, 7) is 2.16. The van der Waals surface area contributed by atoms with E-state index in [4.69, 9.17) is 15.2 Å². The van der Waals surface area contributed by atoms with Crippen LogP contribution >= 0.6 is 0 Å². The second kappa shape index (κ2) is 13.5. The average Bonchev–Trinajstić information content (AvgIpc) is 3.71. The number of aromatic hydroxyl groups is 1. The number of imidazole rings is 1. The summed E-state index contributed by atoms with van der Waals surface area (Å²) in [7, 11) is 0. The van der Waals surface area contributed by atoms with Gasteiger partial charge in [-0.15, -0.1) is 0 Å². The number of aliphatic hydroxyl groups excluding tert-OH is 3. The third-order valence-corrected chi connectivity index (χ3v) is 12.2. The summed E-state index contributed by atoms with van der Waals surface area (Å²) in [6, 6.07) is 5.92. The standard InChI is InChI=1S/C36H49N5O7/c1-36-14-13-24-23-12-10-22(42)15-20(23)9-11-25(24)26(36)16-21(32(36)46)7-5-3-2-4-6-8-28(43)47-17-27-30(44)31(45)35(48-27)41-19-40-29-33(37)38-18-39-34(29)41/h10,12,15,18-19,21,24-27,30-32,35,42,44-46H,2-9,11,13-14,16-17H2,1H3,(H2,37,38,39)/t21-,24+,25+,26-,27+,30+,31+,32-,35+,36-/m0/s1. The molecule has 2 aromatic heterocycles. The van der Waals surface area contributed by atoms with E-state index in [1.807, 2.05) is 12.1 Å². The lowest BCUT2D eigenvalue weighted by atomic mass is 9.55. The Bertz CT molecular complexity index is 1620. The Morgan fingerprint density at radius 2 is 1.90 bits per heavy atom. The van der Waals surface area contributed by atoms with Crippen LogP contribution in [0.15, 0.2) is 30.9 Å². The fourth-order valence-electron chi connectivity index (χ4n) is 9.60. The molecule has 0 radical (unpaired) electrons. The van der Waals surface area contributed by atoms with Gasteiger partial charge >= 0.3 is 5.97 Å². The van der Waals surface area contributed by atoms with Crippen LogP contribution in [0.2, 0.25) is 0 Å². The lowest BCUT2D eigenvalue weighted by molar-refractivity contribution is -0.150. The van der Waals surface area contributed by atoms with E-state index in [9.17, 15) is 25.2 Å². The second-order valence-corrected chi connectivity index (χ2v) is 14.9. The van der Waals surface area contributed by atoms with E-state index >= 15 is 0 Å². The Hall–Kier alpha value is -3.32. The lowest BCUT2D eigenvalue weighted by Gasteiger charge is -2.50. The Balaban J connectivity index is 0.804. The number of nitrogens with two attached hydrogens (primary N) is 1. The molecule has 3 heterocycles. The quantitative estimate of drug-likeness (QED) is 0.147. The van der Waals surface area contributed by atoms with Gasteiger partial charge in [0.1, 0.15) is 42.5 Å². The zero-order chi connectivity index (χ0) is 33.6. The number of esters is 1. The molecule has 7 rings (SSSR count). The Labute approximate surface area is 280 Å². The van der Waals surface area contributed by atoms with Crippen molar-refractivity contribution in [2.75, 3.05) is 12.3 Å². The minimum Gasteiger partial charge on any atom is -0.508 e. The SMILES string of the molecule is C[C@]12CC[C@@H]3c4ccc(O)cc4CC[C@H]3[C@@H]1C[C@H](CCCCCCCC(=O)OC[C@H]1O[C@@H](n3cnc4c(N)ncnc43)[C@H](O)[C@@H]1O)[C@@H]2O. The second-order valence-electron chi connectivity index (χ2n) is 14.9. The molecule has 1 aromatic carbocycles. The fourth-order valence-corrected chi connectivity index (χ4v) is 9.60. The molecule has 3 aliphatic carbocycles. The van der Waals surface area contributed by atoms with Crippen LogP contribution < -0.4 is 5.73 Å². The number of rotatable bonds is 11. The van der Waals surface area contributed by atoms with Gasteiger partial charge in [0.25, 0.3) is 0 Å². The number of fused-ring (bicyclic) bond motifs is 6. The maximum absolute atomic E-state index is 12.4. The number of hydrogen-bond donors (Lipinski definition) is 5. The topological polar surface area (TPSA) is 186 Å². The summed E-state index contributed by atoms with van der Waals surface area (Å²) >= 11 is 0. The van der Waals surface area contributed by atoms with Crippen molar-refractivity contribution in [1.82, 2.24) is 19.5 Å². The molecule has 12 heteroatoms. The summed E-state index contributed by atoms with van der Waals surface area (Å²) in [5.74, 6) is 2.26. The predicted molar refractivity (Wildman–Crippen MR) is 177 cm³/mol. The van der Waals surface area contributed by atoms with Crippen LogP contribution in [0.4, 0.5) is 5.82 Å². The zero-order valence-electron chi connectivity index (χ0n) is 27.7. The lowest BCUT2D eigenvalue weighted by Crippen LogP contribution is -2.44. The van der Waals surface area contributed by atoms with Crippen molar-refractivity contribution in [2.24, 2.45) is 23.2 Å². The third-order valence-electron chi connectivity index (χ3n) is 12.2. The molecular formula is C36H49N5O7. The van der Waals surface area contributed by atoms with Gasteiger partial charge in [0.15, 0.2) is 17.7 Å². The Kier molecular flexibility index (Phi) is 9.36. The number of phenols is 1. The fraction of sp³-hybridized carbons (Fsp3) is 0.667. The van der Waals surface area contributed by atoms with E-state index in [1.54, 1.807) is 0 Å². The van der Waals surface area contributed by atoms with Crippen molar-refractivity contribution in [1.29, 1.82) is 0 Å². The molecule has 48 heavy (non-hydrogen) atoms. The normalized spacial score (nSPS) is 34.1. The first-order valence-corrected chi connectivity index (χ1v) is 17.8. The number of aryl methyl sites for hydroxylation is 1. The van der Waals surface area contributed by atoms with E-state index in [0.717, 1.165) is 70.6 Å². The van der Waals surface area contributed by atoms with Gasteiger partial charge in [-0.05, 0) is 97.3 Å². The van der Waals surface area contributed by atoms with Crippen molar-refractivity contribution in [3.63, 3.8) is 0 Å². The molecule has 1 aliphatic heterocycles. The molecule has 0 unspecified atom stereocenters. The minimum absolute atomic E-state index is 0.00344. The van der Waals surface area contributed by atoms with E-state index < -0.39 is 24.5 Å². The highest BCUT2D eigenvalue weighted by atomic mass is 16.6. The first-order chi connectivity index (χ1) is 23.2. The molecule has 4 aliphatic rings. The van der Waals surface area contributed by atoms with Crippen LogP contribution in [0.3, 0.4) is 0 Å². The number of aliphatic hydroxyl groups is 3. The number of hydrogen-bond acceptors (Lipinski definition) is 11. The van der Waals surface area contributed by atoms with E-state index in [-0.39, 0.29) is 36.3 Å². The van der Waals surface area contributed by atoms with Crippen molar-refractivity contribution in [2.45, 2.75) is 121 Å². The summed E-state index contributed by atoms with van der Waals surface area (Å²) < 4.78 is 12.7. The van der Waals surface area contributed by atoms with Gasteiger partial charge in [-0.2, -0.15) is 0 Å². The third kappa shape index (κ3) is 6.05. The monoisotopic (exact) mass is 663 g/mol. The first-order valence-electron chi connectivity index (χ1n) is 17.8. The van der Waals surface area contributed by atoms with E-state index in [1.165, 1.54) is 28.3 Å². The van der Waals surface area contributed by atoms with Crippen molar-refractivity contribution in [3.05, 3.63) is 42.0 Å². The van der Waals surface area contributed by atoms with E-state index in [0.29, 0.717) is 40.6 Å². The van der Waals surface area contributed by atoms with Gasteiger partial charge < -0.3 is 35.6 Å². The highest BCUT2D eigenvalue weighted by Gasteiger charge is 2.57. The van der Waals surface area contributed by atoms with Gasteiger partial charge in [-0.1, -0.05) is 38.7 Å². The van der Waals surface area contributed by atoms with Gasteiger partial charge in [-0.25, -0.2) is 15.0 Å². The van der Waals surface area contributed by atoms with Crippen LogP contribution in [0.25, 0.3) is 11.2 Å². The summed E-state index contributed by atoms with van der Waals surface area (Å²) in [5, 5.41) is 42.6. The maximum atomic E-state index is 12.4. The smallest absolute Gasteiger partial charge is 0.305 e. The molecule has 6 N–H and O–H groups in total. The molecule has 3 fully saturated rings. The number of unbranched alkanes of at least 4 members (excludes halogenated alkanes) is 4. The van der Waals surface area contributed by atoms with Crippen LogP contribution in [-0.2, 0) is 20.7 Å². The Morgan fingerprint density at radius 3 is 2.75 bits per heavy atom. The largest absolute Gasteiger partial charge is 0.508 e. The molecule has 0 spiro atoms. The van der Waals surface area contributed by atoms with Crippen molar-refractivity contribution in [3.8, 4) is 5.75 Å². The highest BCUT2D eigenvalue weighted by Crippen LogP contribution is 2.62. The molecule has 10 atom stereocenters. The van der Waals surface area contributed by atoms with Crippen molar-refractivity contribution >= 4 is 23.0 Å². The zero-order valence-corrected chi connectivity index (χ0v) is 27.7.